The van der Waals surface area contributed by atoms with E-state index in [4.69, 9.17) is 0 Å². The number of rotatable bonds is 4. The summed E-state index contributed by atoms with van der Waals surface area (Å²) in [4.78, 5) is 13.3. The smallest absolute Gasteiger partial charge is 0.243 e. The minimum absolute atomic E-state index is 0.0743. The highest BCUT2D eigenvalue weighted by molar-refractivity contribution is 7.89. The van der Waals surface area contributed by atoms with E-state index in [1.54, 1.807) is 12.1 Å². The molecule has 0 aromatic heterocycles. The average molecular weight is 375 g/mol. The lowest BCUT2D eigenvalue weighted by Gasteiger charge is -2.29. The van der Waals surface area contributed by atoms with Gasteiger partial charge in [0.2, 0.25) is 15.9 Å². The number of amides is 1. The summed E-state index contributed by atoms with van der Waals surface area (Å²) in [6.45, 7) is 2.42. The molecule has 6 unspecified atom stereocenters. The fourth-order valence-electron chi connectivity index (χ4n) is 5.11. The molecule has 0 radical (unpaired) electrons. The summed E-state index contributed by atoms with van der Waals surface area (Å²) in [5.41, 5.74) is 1.03. The molecule has 4 aliphatic rings. The van der Waals surface area contributed by atoms with Crippen LogP contribution in [0.4, 0.5) is 0 Å². The quantitative estimate of drug-likeness (QED) is 0.879. The Balaban J connectivity index is 1.35. The van der Waals surface area contributed by atoms with Gasteiger partial charge in [-0.15, -0.1) is 0 Å². The second kappa shape index (κ2) is 5.80. The second-order valence-corrected chi connectivity index (χ2v) is 10.7. The molecular weight excluding hydrogens is 348 g/mol. The van der Waals surface area contributed by atoms with Gasteiger partial charge in [-0.3, -0.25) is 4.79 Å². The third-order valence-electron chi connectivity index (χ3n) is 6.89. The van der Waals surface area contributed by atoms with E-state index in [-0.39, 0.29) is 17.9 Å². The largest absolute Gasteiger partial charge is 0.352 e. The van der Waals surface area contributed by atoms with E-state index < -0.39 is 16.1 Å². The van der Waals surface area contributed by atoms with Crippen LogP contribution in [0.15, 0.2) is 29.2 Å². The number of piperidine rings is 1. The molecular formula is C20H26N2O3S. The molecule has 6 atom stereocenters. The number of hydrogen-bond donors (Lipinski definition) is 1. The van der Waals surface area contributed by atoms with E-state index in [1.165, 1.54) is 17.1 Å². The molecule has 1 aromatic rings. The van der Waals surface area contributed by atoms with Crippen LogP contribution in [0.25, 0.3) is 0 Å². The first kappa shape index (κ1) is 16.8. The maximum Gasteiger partial charge on any atom is 0.243 e. The Kier molecular flexibility index (Phi) is 3.73. The van der Waals surface area contributed by atoms with Crippen molar-refractivity contribution >= 4 is 15.9 Å². The molecule has 26 heavy (non-hydrogen) atoms. The maximum absolute atomic E-state index is 13.1. The standard InChI is InChI=1S/C20H26N2O3S/c1-12-2-6-17(7-3-12)26(24,25)22-11-15-10-18(15)19(22)20(23)21-16-5-4-13-8-14(13)9-16/h2-3,6-7,13-16,18-19H,4-5,8-11H2,1H3,(H,21,23). The summed E-state index contributed by atoms with van der Waals surface area (Å²) in [6.07, 6.45) is 5.61. The molecule has 1 N–H and O–H groups in total. The molecule has 1 aliphatic heterocycles. The topological polar surface area (TPSA) is 66.5 Å². The van der Waals surface area contributed by atoms with Crippen molar-refractivity contribution in [2.24, 2.45) is 23.7 Å². The van der Waals surface area contributed by atoms with E-state index in [1.807, 2.05) is 19.1 Å². The molecule has 5 nitrogen and oxygen atoms in total. The zero-order chi connectivity index (χ0) is 18.1. The molecule has 6 heteroatoms. The first-order valence-corrected chi connectivity index (χ1v) is 11.3. The van der Waals surface area contributed by atoms with Crippen LogP contribution < -0.4 is 5.32 Å². The fourth-order valence-corrected chi connectivity index (χ4v) is 6.80. The minimum Gasteiger partial charge on any atom is -0.352 e. The SMILES string of the molecule is Cc1ccc(S(=O)(=O)N2CC3CC3C2C(=O)NC2CCC3CC3C2)cc1. The number of carbonyl (C=O) groups excluding carboxylic acids is 1. The number of carbonyl (C=O) groups is 1. The lowest BCUT2D eigenvalue weighted by Crippen LogP contribution is -2.51. The number of hydrogen-bond acceptors (Lipinski definition) is 3. The Hall–Kier alpha value is -1.40. The van der Waals surface area contributed by atoms with Crippen LogP contribution in [0.5, 0.6) is 0 Å². The van der Waals surface area contributed by atoms with Gasteiger partial charge >= 0.3 is 0 Å². The van der Waals surface area contributed by atoms with Gasteiger partial charge in [-0.2, -0.15) is 4.31 Å². The Morgan fingerprint density at radius 2 is 1.81 bits per heavy atom. The van der Waals surface area contributed by atoms with Crippen molar-refractivity contribution in [2.75, 3.05) is 6.54 Å². The summed E-state index contributed by atoms with van der Waals surface area (Å²) >= 11 is 0. The van der Waals surface area contributed by atoms with Crippen molar-refractivity contribution in [1.82, 2.24) is 9.62 Å². The van der Waals surface area contributed by atoms with Gasteiger partial charge in [0.15, 0.2) is 0 Å². The molecule has 3 aliphatic carbocycles. The van der Waals surface area contributed by atoms with Gasteiger partial charge in [-0.25, -0.2) is 8.42 Å². The number of nitrogens with one attached hydrogen (secondary N) is 1. The fraction of sp³-hybridized carbons (Fsp3) is 0.650. The van der Waals surface area contributed by atoms with Crippen LogP contribution in [-0.4, -0.2) is 37.3 Å². The second-order valence-electron chi connectivity index (χ2n) is 8.77. The number of aryl methyl sites for hydroxylation is 1. The summed E-state index contributed by atoms with van der Waals surface area (Å²) in [7, 11) is -3.62. The molecule has 1 amide bonds. The highest BCUT2D eigenvalue weighted by atomic mass is 32.2. The minimum atomic E-state index is -3.62. The van der Waals surface area contributed by atoms with Crippen molar-refractivity contribution in [3.05, 3.63) is 29.8 Å². The summed E-state index contributed by atoms with van der Waals surface area (Å²) in [6, 6.07) is 6.63. The van der Waals surface area contributed by atoms with Crippen LogP contribution in [-0.2, 0) is 14.8 Å². The first-order valence-electron chi connectivity index (χ1n) is 9.82. The van der Waals surface area contributed by atoms with Crippen LogP contribution in [0.1, 0.15) is 37.7 Å². The summed E-state index contributed by atoms with van der Waals surface area (Å²) in [5, 5.41) is 3.19. The zero-order valence-electron chi connectivity index (χ0n) is 15.1. The molecule has 1 saturated heterocycles. The zero-order valence-corrected chi connectivity index (χ0v) is 15.9. The Bertz CT molecular complexity index is 835. The number of benzene rings is 1. The Labute approximate surface area is 155 Å². The highest BCUT2D eigenvalue weighted by Gasteiger charge is 2.59. The van der Waals surface area contributed by atoms with Gasteiger partial charge < -0.3 is 5.32 Å². The highest BCUT2D eigenvalue weighted by Crippen LogP contribution is 2.52. The number of nitrogens with zero attached hydrogens (tertiary/aromatic N) is 1. The van der Waals surface area contributed by atoms with Crippen LogP contribution in [0.2, 0.25) is 0 Å². The van der Waals surface area contributed by atoms with Crippen LogP contribution in [0.3, 0.4) is 0 Å². The van der Waals surface area contributed by atoms with Gasteiger partial charge in [0.05, 0.1) is 4.90 Å². The molecule has 3 saturated carbocycles. The van der Waals surface area contributed by atoms with Gasteiger partial charge in [0, 0.05) is 12.6 Å². The lowest BCUT2D eigenvalue weighted by atomic mass is 9.95. The van der Waals surface area contributed by atoms with E-state index in [0.29, 0.717) is 17.4 Å². The third kappa shape index (κ3) is 2.78. The van der Waals surface area contributed by atoms with E-state index in [9.17, 15) is 13.2 Å². The van der Waals surface area contributed by atoms with Crippen molar-refractivity contribution in [3.63, 3.8) is 0 Å². The van der Waals surface area contributed by atoms with Crippen molar-refractivity contribution < 1.29 is 13.2 Å². The van der Waals surface area contributed by atoms with Crippen LogP contribution >= 0.6 is 0 Å². The average Bonchev–Trinajstić information content (AvgIpc) is 3.51. The van der Waals surface area contributed by atoms with Gasteiger partial charge in [0.25, 0.3) is 0 Å². The van der Waals surface area contributed by atoms with Gasteiger partial charge in [-0.1, -0.05) is 17.7 Å². The normalized spacial score (nSPS) is 38.3. The van der Waals surface area contributed by atoms with Crippen LogP contribution in [0, 0.1) is 30.6 Å². The lowest BCUT2D eigenvalue weighted by molar-refractivity contribution is -0.125. The molecule has 140 valence electrons. The number of fused-ring (bicyclic) bond motifs is 2. The third-order valence-corrected chi connectivity index (χ3v) is 8.75. The molecule has 1 heterocycles. The van der Waals surface area contributed by atoms with E-state index >= 15 is 0 Å². The predicted octanol–water partition coefficient (Wildman–Crippen LogP) is 2.31. The van der Waals surface area contributed by atoms with E-state index in [2.05, 4.69) is 5.32 Å². The molecule has 5 rings (SSSR count). The van der Waals surface area contributed by atoms with Crippen molar-refractivity contribution in [1.29, 1.82) is 0 Å². The van der Waals surface area contributed by atoms with Gasteiger partial charge in [-0.05, 0) is 74.8 Å². The predicted molar refractivity (Wildman–Crippen MR) is 97.8 cm³/mol. The number of sulfonamides is 1. The molecule has 0 spiro atoms. The summed E-state index contributed by atoms with van der Waals surface area (Å²) < 4.78 is 27.7. The van der Waals surface area contributed by atoms with Crippen molar-refractivity contribution in [3.8, 4) is 0 Å². The van der Waals surface area contributed by atoms with E-state index in [0.717, 1.165) is 36.7 Å². The summed E-state index contributed by atoms with van der Waals surface area (Å²) in [5.74, 6) is 2.16. The maximum atomic E-state index is 13.1. The Morgan fingerprint density at radius 3 is 2.54 bits per heavy atom. The Morgan fingerprint density at radius 1 is 1.04 bits per heavy atom. The molecule has 4 fully saturated rings. The monoisotopic (exact) mass is 374 g/mol. The van der Waals surface area contributed by atoms with Gasteiger partial charge in [0.1, 0.15) is 6.04 Å². The molecule has 0 bridgehead atoms. The van der Waals surface area contributed by atoms with Crippen molar-refractivity contribution in [2.45, 2.75) is 56.0 Å². The molecule has 1 aromatic carbocycles. The first-order chi connectivity index (χ1) is 12.4.